The lowest BCUT2D eigenvalue weighted by atomic mass is 10.0. The molecular formula is C16H12O3S. The smallest absolute Gasteiger partial charge is 0.335 e. The number of ether oxygens (including phenoxy) is 1. The Morgan fingerprint density at radius 1 is 1.20 bits per heavy atom. The van der Waals surface area contributed by atoms with E-state index in [-0.39, 0.29) is 0 Å². The SMILES string of the molecule is C=CC(=O)Oc1ccc2c(c1)Cc1ccccc1[S+]2[O-]. The summed E-state index contributed by atoms with van der Waals surface area (Å²) < 4.78 is 17.6. The van der Waals surface area contributed by atoms with E-state index < -0.39 is 17.1 Å². The van der Waals surface area contributed by atoms with Crippen molar-refractivity contribution < 1.29 is 14.1 Å². The molecular weight excluding hydrogens is 272 g/mol. The van der Waals surface area contributed by atoms with Crippen molar-refractivity contribution in [3.63, 3.8) is 0 Å². The summed E-state index contributed by atoms with van der Waals surface area (Å²) in [6, 6.07) is 12.9. The van der Waals surface area contributed by atoms with Crippen LogP contribution in [-0.2, 0) is 22.4 Å². The van der Waals surface area contributed by atoms with Gasteiger partial charge in [0.15, 0.2) is 9.79 Å². The van der Waals surface area contributed by atoms with E-state index in [1.807, 2.05) is 24.3 Å². The summed E-state index contributed by atoms with van der Waals surface area (Å²) in [4.78, 5) is 12.8. The molecule has 1 heterocycles. The van der Waals surface area contributed by atoms with Gasteiger partial charge in [-0.1, -0.05) is 24.8 Å². The highest BCUT2D eigenvalue weighted by molar-refractivity contribution is 7.91. The maximum atomic E-state index is 12.5. The molecule has 3 nitrogen and oxygen atoms in total. The third-order valence-corrected chi connectivity index (χ3v) is 4.77. The minimum absolute atomic E-state index is 0.449. The van der Waals surface area contributed by atoms with Gasteiger partial charge >= 0.3 is 5.97 Å². The summed E-state index contributed by atoms with van der Waals surface area (Å²) >= 11 is -1.17. The molecule has 2 aromatic carbocycles. The third-order valence-electron chi connectivity index (χ3n) is 3.17. The van der Waals surface area contributed by atoms with Crippen LogP contribution < -0.4 is 4.74 Å². The van der Waals surface area contributed by atoms with Gasteiger partial charge in [0.2, 0.25) is 0 Å². The highest BCUT2D eigenvalue weighted by Gasteiger charge is 2.28. The first-order valence-corrected chi connectivity index (χ1v) is 7.31. The van der Waals surface area contributed by atoms with Gasteiger partial charge in [-0.05, 0) is 24.3 Å². The average molecular weight is 284 g/mol. The predicted octanol–water partition coefficient (Wildman–Crippen LogP) is 2.85. The fourth-order valence-electron chi connectivity index (χ4n) is 2.25. The molecule has 3 rings (SSSR count). The van der Waals surface area contributed by atoms with Crippen LogP contribution in [0.1, 0.15) is 11.1 Å². The molecule has 4 heteroatoms. The second-order valence-electron chi connectivity index (χ2n) is 4.45. The van der Waals surface area contributed by atoms with Gasteiger partial charge in [0, 0.05) is 34.8 Å². The highest BCUT2D eigenvalue weighted by atomic mass is 32.2. The summed E-state index contributed by atoms with van der Waals surface area (Å²) in [6.07, 6.45) is 1.81. The molecule has 20 heavy (non-hydrogen) atoms. The van der Waals surface area contributed by atoms with Gasteiger partial charge in [0.05, 0.1) is 0 Å². The van der Waals surface area contributed by atoms with E-state index in [2.05, 4.69) is 6.58 Å². The number of carbonyl (C=O) groups is 1. The van der Waals surface area contributed by atoms with Crippen LogP contribution in [0.25, 0.3) is 0 Å². The quantitative estimate of drug-likeness (QED) is 0.369. The van der Waals surface area contributed by atoms with Crippen molar-refractivity contribution in [2.45, 2.75) is 16.2 Å². The molecule has 1 aliphatic heterocycles. The Kier molecular flexibility index (Phi) is 3.34. The topological polar surface area (TPSA) is 49.4 Å². The molecule has 0 saturated heterocycles. The van der Waals surface area contributed by atoms with Crippen LogP contribution in [-0.4, -0.2) is 10.5 Å². The molecule has 0 spiro atoms. The van der Waals surface area contributed by atoms with Crippen molar-refractivity contribution in [2.75, 3.05) is 0 Å². The van der Waals surface area contributed by atoms with Crippen molar-refractivity contribution in [1.29, 1.82) is 0 Å². The van der Waals surface area contributed by atoms with Crippen LogP contribution >= 0.6 is 0 Å². The van der Waals surface area contributed by atoms with Crippen LogP contribution in [0.4, 0.5) is 0 Å². The molecule has 0 radical (unpaired) electrons. The number of carbonyl (C=O) groups excluding carboxylic acids is 1. The highest BCUT2D eigenvalue weighted by Crippen LogP contribution is 2.35. The zero-order valence-electron chi connectivity index (χ0n) is 10.7. The van der Waals surface area contributed by atoms with Crippen molar-refractivity contribution >= 4 is 17.1 Å². The maximum Gasteiger partial charge on any atom is 0.335 e. The van der Waals surface area contributed by atoms with E-state index in [9.17, 15) is 9.35 Å². The van der Waals surface area contributed by atoms with Crippen molar-refractivity contribution in [3.05, 3.63) is 66.2 Å². The van der Waals surface area contributed by atoms with E-state index in [4.69, 9.17) is 4.74 Å². The maximum absolute atomic E-state index is 12.5. The van der Waals surface area contributed by atoms with Crippen LogP contribution in [0.5, 0.6) is 5.75 Å². The molecule has 1 unspecified atom stereocenters. The monoisotopic (exact) mass is 284 g/mol. The zero-order chi connectivity index (χ0) is 14.1. The summed E-state index contributed by atoms with van der Waals surface area (Å²) in [6.45, 7) is 3.36. The van der Waals surface area contributed by atoms with E-state index in [1.165, 1.54) is 0 Å². The normalized spacial score (nSPS) is 15.9. The Bertz CT molecular complexity index is 694. The zero-order valence-corrected chi connectivity index (χ0v) is 11.5. The molecule has 0 amide bonds. The Labute approximate surface area is 120 Å². The lowest BCUT2D eigenvalue weighted by molar-refractivity contribution is -0.128. The van der Waals surface area contributed by atoms with E-state index in [0.717, 1.165) is 27.0 Å². The summed E-state index contributed by atoms with van der Waals surface area (Å²) in [7, 11) is 0. The third kappa shape index (κ3) is 2.24. The van der Waals surface area contributed by atoms with Crippen LogP contribution in [0.2, 0.25) is 0 Å². The standard InChI is InChI=1S/C16H12O3S/c1-2-16(17)19-13-7-8-15-12(10-13)9-11-5-3-4-6-14(11)20(15)18/h2-8,10H,1,9H2. The first-order valence-electron chi connectivity index (χ1n) is 6.16. The number of hydrogen-bond acceptors (Lipinski definition) is 3. The van der Waals surface area contributed by atoms with Crippen LogP contribution in [0.3, 0.4) is 0 Å². The number of esters is 1. The van der Waals surface area contributed by atoms with Gasteiger partial charge in [-0.25, -0.2) is 4.79 Å². The molecule has 1 atom stereocenters. The largest absolute Gasteiger partial charge is 0.606 e. The van der Waals surface area contributed by atoms with Crippen LogP contribution in [0, 0.1) is 0 Å². The van der Waals surface area contributed by atoms with Crippen LogP contribution in [0.15, 0.2) is 64.9 Å². The Morgan fingerprint density at radius 3 is 2.75 bits per heavy atom. The fourth-order valence-corrected chi connectivity index (χ4v) is 3.63. The number of rotatable bonds is 2. The van der Waals surface area contributed by atoms with E-state index >= 15 is 0 Å². The summed E-state index contributed by atoms with van der Waals surface area (Å²) in [5.74, 6) is -0.0488. The minimum Gasteiger partial charge on any atom is -0.606 e. The van der Waals surface area contributed by atoms with Gasteiger partial charge in [0.25, 0.3) is 0 Å². The molecule has 0 fully saturated rings. The Morgan fingerprint density at radius 2 is 1.95 bits per heavy atom. The molecule has 100 valence electrons. The molecule has 0 aromatic heterocycles. The molecule has 0 saturated carbocycles. The lowest BCUT2D eigenvalue weighted by Gasteiger charge is -2.21. The molecule has 1 aliphatic rings. The van der Waals surface area contributed by atoms with Crippen molar-refractivity contribution in [3.8, 4) is 5.75 Å². The predicted molar refractivity (Wildman–Crippen MR) is 76.2 cm³/mol. The van der Waals surface area contributed by atoms with Crippen molar-refractivity contribution in [1.82, 2.24) is 0 Å². The second kappa shape index (κ2) is 5.15. The van der Waals surface area contributed by atoms with Gasteiger partial charge in [-0.15, -0.1) is 0 Å². The minimum atomic E-state index is -1.17. The Hall–Kier alpha value is -2.04. The summed E-state index contributed by atoms with van der Waals surface area (Å²) in [5, 5.41) is 0. The van der Waals surface area contributed by atoms with Gasteiger partial charge in [0.1, 0.15) is 5.75 Å². The van der Waals surface area contributed by atoms with E-state index in [0.29, 0.717) is 12.2 Å². The van der Waals surface area contributed by atoms with Gasteiger partial charge in [-0.3, -0.25) is 0 Å². The molecule has 2 aromatic rings. The number of fused-ring (bicyclic) bond motifs is 2. The number of hydrogen-bond donors (Lipinski definition) is 0. The molecule has 0 bridgehead atoms. The number of benzene rings is 2. The second-order valence-corrected chi connectivity index (χ2v) is 5.87. The van der Waals surface area contributed by atoms with Crippen molar-refractivity contribution in [2.24, 2.45) is 0 Å². The molecule has 0 N–H and O–H groups in total. The molecule has 0 aliphatic carbocycles. The first-order chi connectivity index (χ1) is 9.69. The lowest BCUT2D eigenvalue weighted by Crippen LogP contribution is -2.15. The fraction of sp³-hybridized carbons (Fsp3) is 0.0625. The van der Waals surface area contributed by atoms with Gasteiger partial charge < -0.3 is 9.29 Å². The van der Waals surface area contributed by atoms with Gasteiger partial charge in [-0.2, -0.15) is 0 Å². The Balaban J connectivity index is 1.98. The first kappa shape index (κ1) is 13.0. The average Bonchev–Trinajstić information content (AvgIpc) is 2.47. The van der Waals surface area contributed by atoms with E-state index in [1.54, 1.807) is 18.2 Å². The summed E-state index contributed by atoms with van der Waals surface area (Å²) in [5.41, 5.74) is 1.97.